The molecule has 0 saturated carbocycles. The summed E-state index contributed by atoms with van der Waals surface area (Å²) in [6, 6.07) is 13.5. The average molecular weight is 279 g/mol. The molecular weight excluding hydrogens is 258 g/mol. The molecule has 1 N–H and O–H groups in total. The van der Waals surface area contributed by atoms with Crippen molar-refractivity contribution in [3.63, 3.8) is 0 Å². The van der Waals surface area contributed by atoms with Crippen LogP contribution in [0.25, 0.3) is 0 Å². The molecule has 0 radical (unpaired) electrons. The van der Waals surface area contributed by atoms with Gasteiger partial charge in [0.1, 0.15) is 5.75 Å². The van der Waals surface area contributed by atoms with Gasteiger partial charge >= 0.3 is 0 Å². The van der Waals surface area contributed by atoms with Gasteiger partial charge in [-0.1, -0.05) is 30.3 Å². The lowest BCUT2D eigenvalue weighted by atomic mass is 9.86. The smallest absolute Gasteiger partial charge is 0.118 e. The molecule has 2 nitrogen and oxygen atoms in total. The summed E-state index contributed by atoms with van der Waals surface area (Å²) in [4.78, 5) is 2.50. The molecule has 0 fully saturated rings. The van der Waals surface area contributed by atoms with Crippen LogP contribution in [0.4, 0.5) is 0 Å². The van der Waals surface area contributed by atoms with Gasteiger partial charge in [0.05, 0.1) is 0 Å². The van der Waals surface area contributed by atoms with Crippen molar-refractivity contribution in [1.82, 2.24) is 4.90 Å². The van der Waals surface area contributed by atoms with Gasteiger partial charge in [-0.05, 0) is 60.7 Å². The fourth-order valence-corrected chi connectivity index (χ4v) is 4.10. The third-order valence-corrected chi connectivity index (χ3v) is 5.30. The van der Waals surface area contributed by atoms with E-state index in [0.29, 0.717) is 17.7 Å². The van der Waals surface area contributed by atoms with Crippen LogP contribution in [-0.4, -0.2) is 29.6 Å². The Hall–Kier alpha value is -1.80. The first kappa shape index (κ1) is 12.9. The van der Waals surface area contributed by atoms with Crippen molar-refractivity contribution < 1.29 is 5.11 Å². The van der Waals surface area contributed by atoms with Crippen molar-refractivity contribution in [3.8, 4) is 5.75 Å². The van der Waals surface area contributed by atoms with Crippen LogP contribution in [0.5, 0.6) is 5.75 Å². The number of likely N-dealkylation sites (N-methyl/N-ethyl adjacent to an activating group) is 1. The summed E-state index contributed by atoms with van der Waals surface area (Å²) < 4.78 is 0. The summed E-state index contributed by atoms with van der Waals surface area (Å²) in [5.41, 5.74) is 6.63. The van der Waals surface area contributed by atoms with Crippen LogP contribution < -0.4 is 0 Å². The van der Waals surface area contributed by atoms with E-state index in [-0.39, 0.29) is 0 Å². The van der Waals surface area contributed by atoms with E-state index < -0.39 is 0 Å². The second-order valence-electron chi connectivity index (χ2n) is 6.52. The van der Waals surface area contributed by atoms with E-state index in [1.54, 1.807) is 0 Å². The highest BCUT2D eigenvalue weighted by Gasteiger charge is 2.38. The molecule has 21 heavy (non-hydrogen) atoms. The highest BCUT2D eigenvalue weighted by molar-refractivity contribution is 5.52. The lowest BCUT2D eigenvalue weighted by Gasteiger charge is -2.27. The normalized spacial score (nSPS) is 24.1. The predicted octanol–water partition coefficient (Wildman–Crippen LogP) is 3.25. The van der Waals surface area contributed by atoms with Gasteiger partial charge in [-0.2, -0.15) is 0 Å². The quantitative estimate of drug-likeness (QED) is 0.800. The van der Waals surface area contributed by atoms with E-state index in [2.05, 4.69) is 42.3 Å². The topological polar surface area (TPSA) is 23.5 Å². The molecule has 1 aliphatic carbocycles. The number of hydrogen-bond donors (Lipinski definition) is 1. The van der Waals surface area contributed by atoms with Crippen LogP contribution in [-0.2, 0) is 12.8 Å². The molecular formula is C19H21NO. The number of phenols is 1. The van der Waals surface area contributed by atoms with E-state index in [1.165, 1.54) is 22.3 Å². The lowest BCUT2D eigenvalue weighted by Crippen LogP contribution is -2.34. The van der Waals surface area contributed by atoms with Crippen LogP contribution in [0, 0.1) is 6.92 Å². The molecule has 1 aliphatic heterocycles. The molecule has 2 aliphatic rings. The molecule has 4 rings (SSSR count). The number of hydrogen-bond acceptors (Lipinski definition) is 2. The molecule has 1 heterocycles. The van der Waals surface area contributed by atoms with Crippen molar-refractivity contribution in [2.75, 3.05) is 13.6 Å². The van der Waals surface area contributed by atoms with Crippen molar-refractivity contribution >= 4 is 0 Å². The lowest BCUT2D eigenvalue weighted by molar-refractivity contribution is 0.244. The Morgan fingerprint density at radius 2 is 1.90 bits per heavy atom. The second kappa shape index (κ2) is 4.60. The minimum atomic E-state index is 0.398. The molecule has 2 aromatic rings. The zero-order valence-electron chi connectivity index (χ0n) is 12.6. The number of benzene rings is 2. The van der Waals surface area contributed by atoms with Crippen molar-refractivity contribution in [1.29, 1.82) is 0 Å². The Labute approximate surface area is 126 Å². The first-order valence-corrected chi connectivity index (χ1v) is 7.75. The third-order valence-electron chi connectivity index (χ3n) is 5.30. The molecule has 2 aromatic carbocycles. The van der Waals surface area contributed by atoms with E-state index in [0.717, 1.165) is 24.9 Å². The zero-order chi connectivity index (χ0) is 14.6. The maximum Gasteiger partial charge on any atom is 0.118 e. The largest absolute Gasteiger partial charge is 0.508 e. The van der Waals surface area contributed by atoms with Crippen LogP contribution in [0.2, 0.25) is 0 Å². The predicted molar refractivity (Wildman–Crippen MR) is 85.0 cm³/mol. The van der Waals surface area contributed by atoms with Gasteiger partial charge < -0.3 is 10.0 Å². The molecule has 2 atom stereocenters. The van der Waals surface area contributed by atoms with E-state index >= 15 is 0 Å². The summed E-state index contributed by atoms with van der Waals surface area (Å²) in [7, 11) is 2.24. The Morgan fingerprint density at radius 3 is 2.76 bits per heavy atom. The van der Waals surface area contributed by atoms with Crippen LogP contribution in [0.15, 0.2) is 36.4 Å². The molecule has 0 aromatic heterocycles. The highest BCUT2D eigenvalue weighted by atomic mass is 16.3. The Morgan fingerprint density at radius 1 is 1.10 bits per heavy atom. The molecule has 0 spiro atoms. The second-order valence-corrected chi connectivity index (χ2v) is 6.52. The Bertz CT molecular complexity index is 707. The SMILES string of the molecule is Cc1cc2c(cc1O)[C@@H]1c3ccccc3C[C@H]1N(C)CC2. The number of rotatable bonds is 0. The van der Waals surface area contributed by atoms with E-state index in [1.807, 2.05) is 13.0 Å². The standard InChI is InChI=1S/C19H21NO/c1-12-9-14-7-8-20(2)17-10-13-5-3-4-6-15(13)19(17)16(14)11-18(12)21/h3-6,9,11,17,19,21H,7-8,10H2,1-2H3/t17-,19+/m1/s1. The summed E-state index contributed by atoms with van der Waals surface area (Å²) in [6.45, 7) is 3.08. The average Bonchev–Trinajstić information content (AvgIpc) is 2.81. The van der Waals surface area contributed by atoms with Crippen LogP contribution in [0.3, 0.4) is 0 Å². The summed E-state index contributed by atoms with van der Waals surface area (Å²) >= 11 is 0. The minimum absolute atomic E-state index is 0.398. The summed E-state index contributed by atoms with van der Waals surface area (Å²) in [5, 5.41) is 10.2. The number of phenolic OH excluding ortho intramolecular Hbond substituents is 1. The maximum atomic E-state index is 10.2. The van der Waals surface area contributed by atoms with Gasteiger partial charge in [0, 0.05) is 18.5 Å². The summed E-state index contributed by atoms with van der Waals surface area (Å²) in [5.74, 6) is 0.830. The first-order chi connectivity index (χ1) is 10.1. The van der Waals surface area contributed by atoms with Crippen molar-refractivity contribution in [2.24, 2.45) is 0 Å². The molecule has 0 bridgehead atoms. The number of nitrogens with zero attached hydrogens (tertiary/aromatic N) is 1. The first-order valence-electron chi connectivity index (χ1n) is 7.75. The van der Waals surface area contributed by atoms with Gasteiger partial charge in [0.2, 0.25) is 0 Å². The third kappa shape index (κ3) is 1.90. The monoisotopic (exact) mass is 279 g/mol. The van der Waals surface area contributed by atoms with Gasteiger partial charge in [-0.3, -0.25) is 0 Å². The molecule has 2 heteroatoms. The zero-order valence-corrected chi connectivity index (χ0v) is 12.6. The Balaban J connectivity index is 1.94. The molecule has 0 saturated heterocycles. The fourth-order valence-electron chi connectivity index (χ4n) is 4.10. The molecule has 108 valence electrons. The highest BCUT2D eigenvalue weighted by Crippen LogP contribution is 2.44. The number of aryl methyl sites for hydroxylation is 1. The van der Waals surface area contributed by atoms with E-state index in [9.17, 15) is 5.11 Å². The number of fused-ring (bicyclic) bond motifs is 5. The maximum absolute atomic E-state index is 10.2. The van der Waals surface area contributed by atoms with Gasteiger partial charge in [-0.15, -0.1) is 0 Å². The Kier molecular flexibility index (Phi) is 2.83. The fraction of sp³-hybridized carbons (Fsp3) is 0.368. The van der Waals surface area contributed by atoms with Gasteiger partial charge in [0.15, 0.2) is 0 Å². The van der Waals surface area contributed by atoms with Crippen LogP contribution in [0.1, 0.15) is 33.7 Å². The van der Waals surface area contributed by atoms with Crippen LogP contribution >= 0.6 is 0 Å². The minimum Gasteiger partial charge on any atom is -0.508 e. The summed E-state index contributed by atoms with van der Waals surface area (Å²) in [6.07, 6.45) is 2.19. The molecule has 0 amide bonds. The molecule has 0 unspecified atom stereocenters. The van der Waals surface area contributed by atoms with E-state index in [4.69, 9.17) is 0 Å². The number of aromatic hydroxyl groups is 1. The van der Waals surface area contributed by atoms with Crippen molar-refractivity contribution in [2.45, 2.75) is 31.7 Å². The van der Waals surface area contributed by atoms with Gasteiger partial charge in [0.25, 0.3) is 0 Å². The van der Waals surface area contributed by atoms with Gasteiger partial charge in [-0.25, -0.2) is 0 Å². The van der Waals surface area contributed by atoms with Crippen molar-refractivity contribution in [3.05, 3.63) is 64.2 Å².